The summed E-state index contributed by atoms with van der Waals surface area (Å²) in [4.78, 5) is 0. The Kier molecular flexibility index (Phi) is 4.10. The third-order valence-corrected chi connectivity index (χ3v) is 3.71. The lowest BCUT2D eigenvalue weighted by atomic mass is 10.1. The van der Waals surface area contributed by atoms with E-state index in [-0.39, 0.29) is 5.82 Å². The Morgan fingerprint density at radius 1 is 1.21 bits per heavy atom. The largest absolute Gasteiger partial charge is 0.507 e. The van der Waals surface area contributed by atoms with E-state index >= 15 is 0 Å². The predicted molar refractivity (Wildman–Crippen MR) is 79.0 cm³/mol. The van der Waals surface area contributed by atoms with E-state index in [1.54, 1.807) is 12.1 Å². The van der Waals surface area contributed by atoms with E-state index in [1.165, 1.54) is 6.07 Å². The number of halogens is 2. The van der Waals surface area contributed by atoms with Crippen molar-refractivity contribution in [3.05, 3.63) is 57.3 Å². The van der Waals surface area contributed by atoms with E-state index in [0.29, 0.717) is 16.8 Å². The summed E-state index contributed by atoms with van der Waals surface area (Å²) in [5.74, 6) is 0.0400. The fourth-order valence-corrected chi connectivity index (χ4v) is 2.30. The Morgan fingerprint density at radius 2 is 1.95 bits per heavy atom. The first-order valence-corrected chi connectivity index (χ1v) is 6.75. The smallest absolute Gasteiger partial charge is 0.137 e. The molecule has 2 aromatic rings. The van der Waals surface area contributed by atoms with Gasteiger partial charge in [-0.2, -0.15) is 0 Å². The molecule has 2 aromatic carbocycles. The number of aryl methyl sites for hydroxylation is 1. The van der Waals surface area contributed by atoms with Gasteiger partial charge in [-0.1, -0.05) is 12.1 Å². The average Bonchev–Trinajstić information content (AvgIpc) is 2.39. The molecular weight excluding hydrogens is 309 g/mol. The fraction of sp³-hybridized carbons (Fsp3) is 0.200. The minimum Gasteiger partial charge on any atom is -0.507 e. The number of nitrogens with one attached hydrogen (secondary N) is 1. The normalized spacial score (nSPS) is 10.5. The first-order chi connectivity index (χ1) is 8.99. The zero-order chi connectivity index (χ0) is 14.0. The number of phenols is 1. The Bertz CT molecular complexity index is 613. The first-order valence-electron chi connectivity index (χ1n) is 5.96. The molecule has 2 N–H and O–H groups in total. The monoisotopic (exact) mass is 323 g/mol. The molecule has 0 saturated carbocycles. The van der Waals surface area contributed by atoms with Crippen LogP contribution in [-0.2, 0) is 6.54 Å². The molecule has 0 heterocycles. The molecule has 0 bridgehead atoms. The van der Waals surface area contributed by atoms with Crippen molar-refractivity contribution in [2.24, 2.45) is 0 Å². The van der Waals surface area contributed by atoms with Crippen molar-refractivity contribution in [2.45, 2.75) is 20.4 Å². The Hall–Kier alpha value is -1.55. The summed E-state index contributed by atoms with van der Waals surface area (Å²) in [5, 5.41) is 13.1. The van der Waals surface area contributed by atoms with Gasteiger partial charge in [0.25, 0.3) is 0 Å². The van der Waals surface area contributed by atoms with Gasteiger partial charge in [-0.15, -0.1) is 0 Å². The van der Waals surface area contributed by atoms with Crippen LogP contribution >= 0.6 is 15.9 Å². The SMILES string of the molecule is Cc1ccc(NCc2ccc(F)c(Br)c2)c(C)c1O. The molecule has 19 heavy (non-hydrogen) atoms. The van der Waals surface area contributed by atoms with Gasteiger partial charge in [-0.05, 0) is 59.1 Å². The Labute approximate surface area is 120 Å². The molecule has 0 aliphatic carbocycles. The van der Waals surface area contributed by atoms with Gasteiger partial charge in [0.05, 0.1) is 4.47 Å². The van der Waals surface area contributed by atoms with E-state index in [2.05, 4.69) is 21.2 Å². The predicted octanol–water partition coefficient (Wildman–Crippen LogP) is 4.52. The van der Waals surface area contributed by atoms with Crippen molar-refractivity contribution in [1.82, 2.24) is 0 Å². The van der Waals surface area contributed by atoms with E-state index in [0.717, 1.165) is 22.4 Å². The number of phenolic OH excluding ortho intramolecular Hbond substituents is 1. The van der Waals surface area contributed by atoms with Crippen LogP contribution in [-0.4, -0.2) is 5.11 Å². The van der Waals surface area contributed by atoms with Crippen LogP contribution in [0, 0.1) is 19.7 Å². The molecule has 4 heteroatoms. The van der Waals surface area contributed by atoms with Crippen molar-refractivity contribution in [2.75, 3.05) is 5.32 Å². The molecule has 0 fully saturated rings. The maximum absolute atomic E-state index is 13.1. The van der Waals surface area contributed by atoms with Gasteiger partial charge in [0.1, 0.15) is 11.6 Å². The number of anilines is 1. The van der Waals surface area contributed by atoms with Gasteiger partial charge in [0, 0.05) is 17.8 Å². The van der Waals surface area contributed by atoms with Crippen LogP contribution in [0.25, 0.3) is 0 Å². The number of hydrogen-bond donors (Lipinski definition) is 2. The lowest BCUT2D eigenvalue weighted by Crippen LogP contribution is -2.01. The fourth-order valence-electron chi connectivity index (χ4n) is 1.87. The molecule has 0 unspecified atom stereocenters. The second-order valence-corrected chi connectivity index (χ2v) is 5.36. The Balaban J connectivity index is 2.14. The van der Waals surface area contributed by atoms with Crippen molar-refractivity contribution in [3.8, 4) is 5.75 Å². The average molecular weight is 324 g/mol. The molecule has 0 aliphatic heterocycles. The summed E-state index contributed by atoms with van der Waals surface area (Å²) in [6, 6.07) is 8.71. The van der Waals surface area contributed by atoms with E-state index < -0.39 is 0 Å². The molecule has 0 saturated heterocycles. The van der Waals surface area contributed by atoms with Gasteiger partial charge in [-0.3, -0.25) is 0 Å². The summed E-state index contributed by atoms with van der Waals surface area (Å²) in [6.07, 6.45) is 0. The summed E-state index contributed by atoms with van der Waals surface area (Å²) in [6.45, 7) is 4.30. The van der Waals surface area contributed by atoms with Crippen LogP contribution in [0.15, 0.2) is 34.8 Å². The summed E-state index contributed by atoms with van der Waals surface area (Å²) >= 11 is 3.17. The molecule has 0 aromatic heterocycles. The standard InChI is InChI=1S/C15H15BrFNO/c1-9-3-6-14(10(2)15(9)19)18-8-11-4-5-13(17)12(16)7-11/h3-7,18-19H,8H2,1-2H3. The number of aromatic hydroxyl groups is 1. The second-order valence-electron chi connectivity index (χ2n) is 4.51. The summed E-state index contributed by atoms with van der Waals surface area (Å²) < 4.78 is 13.6. The van der Waals surface area contributed by atoms with Gasteiger partial charge in [0.2, 0.25) is 0 Å². The molecule has 0 aliphatic rings. The van der Waals surface area contributed by atoms with Crippen LogP contribution in [0.1, 0.15) is 16.7 Å². The topological polar surface area (TPSA) is 32.3 Å². The quantitative estimate of drug-likeness (QED) is 0.870. The molecule has 0 atom stereocenters. The highest BCUT2D eigenvalue weighted by Gasteiger charge is 2.06. The zero-order valence-corrected chi connectivity index (χ0v) is 12.4. The molecular formula is C15H15BrFNO. The molecule has 0 spiro atoms. The molecule has 2 rings (SSSR count). The lowest BCUT2D eigenvalue weighted by Gasteiger charge is -2.12. The number of rotatable bonds is 3. The van der Waals surface area contributed by atoms with E-state index in [1.807, 2.05) is 26.0 Å². The molecule has 0 radical (unpaired) electrons. The zero-order valence-electron chi connectivity index (χ0n) is 10.8. The molecule has 2 nitrogen and oxygen atoms in total. The first kappa shape index (κ1) is 13.9. The Morgan fingerprint density at radius 3 is 2.63 bits per heavy atom. The third kappa shape index (κ3) is 3.07. The van der Waals surface area contributed by atoms with Crippen LogP contribution in [0.2, 0.25) is 0 Å². The number of benzene rings is 2. The highest BCUT2D eigenvalue weighted by atomic mass is 79.9. The summed E-state index contributed by atoms with van der Waals surface area (Å²) in [7, 11) is 0. The van der Waals surface area contributed by atoms with Crippen molar-refractivity contribution < 1.29 is 9.50 Å². The van der Waals surface area contributed by atoms with Gasteiger partial charge < -0.3 is 10.4 Å². The van der Waals surface area contributed by atoms with Crippen molar-refractivity contribution in [1.29, 1.82) is 0 Å². The minimum absolute atomic E-state index is 0.270. The van der Waals surface area contributed by atoms with Crippen molar-refractivity contribution in [3.63, 3.8) is 0 Å². The molecule has 0 amide bonds. The maximum Gasteiger partial charge on any atom is 0.137 e. The second kappa shape index (κ2) is 5.61. The van der Waals surface area contributed by atoms with Crippen molar-refractivity contribution >= 4 is 21.6 Å². The van der Waals surface area contributed by atoms with Crippen LogP contribution in [0.4, 0.5) is 10.1 Å². The highest BCUT2D eigenvalue weighted by Crippen LogP contribution is 2.28. The van der Waals surface area contributed by atoms with E-state index in [9.17, 15) is 9.50 Å². The van der Waals surface area contributed by atoms with E-state index in [4.69, 9.17) is 0 Å². The number of hydrogen-bond acceptors (Lipinski definition) is 2. The van der Waals surface area contributed by atoms with Gasteiger partial charge >= 0.3 is 0 Å². The third-order valence-electron chi connectivity index (χ3n) is 3.10. The molecule has 100 valence electrons. The summed E-state index contributed by atoms with van der Waals surface area (Å²) in [5.41, 5.74) is 3.52. The van der Waals surface area contributed by atoms with Crippen LogP contribution in [0.3, 0.4) is 0 Å². The lowest BCUT2D eigenvalue weighted by molar-refractivity contribution is 0.467. The van der Waals surface area contributed by atoms with Gasteiger partial charge in [0.15, 0.2) is 0 Å². The van der Waals surface area contributed by atoms with Gasteiger partial charge in [-0.25, -0.2) is 4.39 Å². The van der Waals surface area contributed by atoms with Crippen LogP contribution < -0.4 is 5.32 Å². The highest BCUT2D eigenvalue weighted by molar-refractivity contribution is 9.10. The van der Waals surface area contributed by atoms with Crippen LogP contribution in [0.5, 0.6) is 5.75 Å². The minimum atomic E-state index is -0.270. The maximum atomic E-state index is 13.1.